The van der Waals surface area contributed by atoms with Crippen LogP contribution in [-0.4, -0.2) is 40.7 Å². The van der Waals surface area contributed by atoms with Gasteiger partial charge in [-0.05, 0) is 12.1 Å². The maximum absolute atomic E-state index is 4.35. The van der Waals surface area contributed by atoms with Crippen molar-refractivity contribution < 1.29 is 0 Å². The lowest BCUT2D eigenvalue weighted by Gasteiger charge is -2.10. The molecule has 7 heteroatoms. The molecule has 6 nitrogen and oxygen atoms in total. The zero-order valence-corrected chi connectivity index (χ0v) is 11.1. The minimum Gasteiger partial charge on any atom is -0.377 e. The van der Waals surface area contributed by atoms with Crippen LogP contribution in [0.15, 0.2) is 35.6 Å². The summed E-state index contributed by atoms with van der Waals surface area (Å²) >= 11 is 0. The van der Waals surface area contributed by atoms with Crippen molar-refractivity contribution in [2.45, 2.75) is 0 Å². The van der Waals surface area contributed by atoms with E-state index >= 15 is 0 Å². The molecule has 0 unspecified atom stereocenters. The number of rotatable bonds is 4. The largest absolute Gasteiger partial charge is 0.377 e. The van der Waals surface area contributed by atoms with Gasteiger partial charge in [-0.2, -0.15) is 5.10 Å². The van der Waals surface area contributed by atoms with Gasteiger partial charge in [-0.15, -0.1) is 12.4 Å². The Morgan fingerprint density at radius 3 is 2.89 bits per heavy atom. The number of nitrogens with zero attached hydrogens (tertiary/aromatic N) is 3. The first-order chi connectivity index (χ1) is 8.93. The second-order valence-electron chi connectivity index (χ2n) is 3.99. The van der Waals surface area contributed by atoms with Crippen LogP contribution in [0, 0.1) is 0 Å². The van der Waals surface area contributed by atoms with Gasteiger partial charge in [0, 0.05) is 17.8 Å². The van der Waals surface area contributed by atoms with Crippen molar-refractivity contribution in [2.24, 2.45) is 4.99 Å². The molecule has 0 radical (unpaired) electrons. The summed E-state index contributed by atoms with van der Waals surface area (Å²) in [5.74, 6) is 1.77. The van der Waals surface area contributed by atoms with Crippen molar-refractivity contribution in [3.05, 3.63) is 30.6 Å². The van der Waals surface area contributed by atoms with Gasteiger partial charge in [0.1, 0.15) is 12.2 Å². The third kappa shape index (κ3) is 3.03. The first kappa shape index (κ1) is 13.4. The molecule has 2 aromatic rings. The first-order valence-electron chi connectivity index (χ1n) is 5.89. The van der Waals surface area contributed by atoms with E-state index < -0.39 is 0 Å². The molecule has 1 aliphatic rings. The van der Waals surface area contributed by atoms with Crippen molar-refractivity contribution >= 4 is 23.9 Å². The monoisotopic (exact) mass is 278 g/mol. The molecule has 1 aromatic carbocycles. The van der Waals surface area contributed by atoms with Gasteiger partial charge in [-0.3, -0.25) is 10.1 Å². The third-order valence-corrected chi connectivity index (χ3v) is 2.79. The lowest BCUT2D eigenvalue weighted by atomic mass is 10.1. The number of H-pyrrole nitrogens is 1. The number of nitrogens with one attached hydrogen (secondary N) is 3. The highest BCUT2D eigenvalue weighted by Gasteiger charge is 2.09. The van der Waals surface area contributed by atoms with Gasteiger partial charge in [-0.25, -0.2) is 4.98 Å². The number of amidine groups is 1. The van der Waals surface area contributed by atoms with Crippen LogP contribution in [0.25, 0.3) is 11.4 Å². The number of aliphatic imine (C=N–C) groups is 1. The van der Waals surface area contributed by atoms with Crippen molar-refractivity contribution in [1.29, 1.82) is 0 Å². The molecule has 0 amide bonds. The molecule has 0 aliphatic carbocycles. The number of aromatic amines is 1. The molecular formula is C12H15ClN6. The van der Waals surface area contributed by atoms with E-state index in [0.29, 0.717) is 6.54 Å². The van der Waals surface area contributed by atoms with E-state index in [2.05, 4.69) is 30.8 Å². The summed E-state index contributed by atoms with van der Waals surface area (Å²) in [6, 6.07) is 8.00. The normalized spacial score (nSPS) is 13.4. The molecule has 100 valence electrons. The number of aromatic nitrogens is 3. The summed E-state index contributed by atoms with van der Waals surface area (Å²) in [5.41, 5.74) is 2.03. The Labute approximate surface area is 117 Å². The Morgan fingerprint density at radius 2 is 2.16 bits per heavy atom. The van der Waals surface area contributed by atoms with Crippen molar-refractivity contribution in [1.82, 2.24) is 20.5 Å². The highest BCUT2D eigenvalue weighted by atomic mass is 35.5. The minimum atomic E-state index is 0. The number of halogens is 1. The summed E-state index contributed by atoms with van der Waals surface area (Å²) in [4.78, 5) is 8.52. The van der Waals surface area contributed by atoms with Gasteiger partial charge < -0.3 is 10.6 Å². The second kappa shape index (κ2) is 6.19. The van der Waals surface area contributed by atoms with Crippen LogP contribution in [0.4, 0.5) is 5.69 Å². The standard InChI is InChI=1S/C12H14N6.ClH/c1-2-4-10(15-7-11-13-5-6-14-11)9(3-1)12-16-8-17-18-12;/h1-4,8,15H,5-7H2,(H,13,14)(H,16,17,18);1H. The molecule has 3 N–H and O–H groups in total. The number of anilines is 1. The zero-order chi connectivity index (χ0) is 12.2. The van der Waals surface area contributed by atoms with E-state index in [-0.39, 0.29) is 12.4 Å². The van der Waals surface area contributed by atoms with Crippen LogP contribution >= 0.6 is 12.4 Å². The number of benzene rings is 1. The fourth-order valence-corrected chi connectivity index (χ4v) is 1.92. The van der Waals surface area contributed by atoms with E-state index in [0.717, 1.165) is 36.0 Å². The molecule has 2 heterocycles. The SMILES string of the molecule is Cl.c1ccc(-c2ncn[nH]2)c(NCC2=NCCN2)c1. The van der Waals surface area contributed by atoms with Crippen LogP contribution in [0.5, 0.6) is 0 Å². The smallest absolute Gasteiger partial charge is 0.157 e. The van der Waals surface area contributed by atoms with Crippen LogP contribution in [0.1, 0.15) is 0 Å². The molecule has 0 atom stereocenters. The molecular weight excluding hydrogens is 264 g/mol. The zero-order valence-electron chi connectivity index (χ0n) is 10.3. The average molecular weight is 279 g/mol. The lowest BCUT2D eigenvalue weighted by molar-refractivity contribution is 0.956. The van der Waals surface area contributed by atoms with Crippen molar-refractivity contribution in [3.8, 4) is 11.4 Å². The Hall–Kier alpha value is -2.08. The lowest BCUT2D eigenvalue weighted by Crippen LogP contribution is -2.26. The van der Waals surface area contributed by atoms with Crippen molar-refractivity contribution in [2.75, 3.05) is 25.0 Å². The third-order valence-electron chi connectivity index (χ3n) is 2.79. The Kier molecular flexibility index (Phi) is 4.35. The van der Waals surface area contributed by atoms with Crippen LogP contribution in [-0.2, 0) is 0 Å². The first-order valence-corrected chi connectivity index (χ1v) is 5.89. The summed E-state index contributed by atoms with van der Waals surface area (Å²) in [5, 5.41) is 13.3. The van der Waals surface area contributed by atoms with Gasteiger partial charge in [0.25, 0.3) is 0 Å². The van der Waals surface area contributed by atoms with E-state index in [4.69, 9.17) is 0 Å². The van der Waals surface area contributed by atoms with Gasteiger partial charge in [0.15, 0.2) is 5.82 Å². The molecule has 0 spiro atoms. The number of hydrogen-bond acceptors (Lipinski definition) is 5. The fourth-order valence-electron chi connectivity index (χ4n) is 1.92. The average Bonchev–Trinajstić information content (AvgIpc) is 3.10. The highest BCUT2D eigenvalue weighted by Crippen LogP contribution is 2.23. The molecule has 0 saturated carbocycles. The second-order valence-corrected chi connectivity index (χ2v) is 3.99. The van der Waals surface area contributed by atoms with E-state index in [1.54, 1.807) is 0 Å². The Morgan fingerprint density at radius 1 is 1.26 bits per heavy atom. The van der Waals surface area contributed by atoms with Crippen LogP contribution < -0.4 is 10.6 Å². The molecule has 0 fully saturated rings. The Balaban J connectivity index is 0.00000133. The summed E-state index contributed by atoms with van der Waals surface area (Å²) < 4.78 is 0. The highest BCUT2D eigenvalue weighted by molar-refractivity contribution is 5.88. The molecule has 3 rings (SSSR count). The molecule has 19 heavy (non-hydrogen) atoms. The fraction of sp³-hybridized carbons (Fsp3) is 0.250. The maximum Gasteiger partial charge on any atom is 0.157 e. The summed E-state index contributed by atoms with van der Waals surface area (Å²) in [6.07, 6.45) is 1.51. The Bertz CT molecular complexity index is 551. The molecule has 1 aliphatic heterocycles. The van der Waals surface area contributed by atoms with E-state index in [1.165, 1.54) is 6.33 Å². The number of para-hydroxylation sites is 1. The van der Waals surface area contributed by atoms with Crippen LogP contribution in [0.2, 0.25) is 0 Å². The van der Waals surface area contributed by atoms with E-state index in [1.807, 2.05) is 24.3 Å². The maximum atomic E-state index is 4.35. The minimum absolute atomic E-state index is 0. The van der Waals surface area contributed by atoms with Gasteiger partial charge in [0.2, 0.25) is 0 Å². The summed E-state index contributed by atoms with van der Waals surface area (Å²) in [6.45, 7) is 2.49. The summed E-state index contributed by atoms with van der Waals surface area (Å²) in [7, 11) is 0. The predicted molar refractivity (Wildman–Crippen MR) is 77.9 cm³/mol. The number of hydrogen-bond donors (Lipinski definition) is 3. The molecule has 0 bridgehead atoms. The predicted octanol–water partition coefficient (Wildman–Crippen LogP) is 1.31. The molecule has 0 saturated heterocycles. The van der Waals surface area contributed by atoms with Crippen molar-refractivity contribution in [3.63, 3.8) is 0 Å². The van der Waals surface area contributed by atoms with Gasteiger partial charge in [-0.1, -0.05) is 12.1 Å². The molecule has 1 aromatic heterocycles. The van der Waals surface area contributed by atoms with Crippen LogP contribution in [0.3, 0.4) is 0 Å². The van der Waals surface area contributed by atoms with E-state index in [9.17, 15) is 0 Å². The quantitative estimate of drug-likeness (QED) is 0.788. The topological polar surface area (TPSA) is 78.0 Å². The van der Waals surface area contributed by atoms with Gasteiger partial charge >= 0.3 is 0 Å². The van der Waals surface area contributed by atoms with Gasteiger partial charge in [0.05, 0.1) is 13.1 Å².